The SMILES string of the molecule is [NH3+]C(=O)C1=CN(C2OC(COC(=O)c3ccccc3)C(OC(=O)c3ccccc3)C2OC(=O)c2ccccc2)C=CC1. The molecular weight excluding hydrogens is 540 g/mol. The van der Waals surface area contributed by atoms with E-state index in [-0.39, 0.29) is 23.6 Å². The number of nitrogens with zero attached hydrogens (tertiary/aromatic N) is 1. The summed E-state index contributed by atoms with van der Waals surface area (Å²) in [7, 11) is 0. The molecule has 5 rings (SSSR count). The van der Waals surface area contributed by atoms with Crippen LogP contribution in [0.1, 0.15) is 37.5 Å². The second-order valence-corrected chi connectivity index (χ2v) is 9.62. The molecule has 0 spiro atoms. The lowest BCUT2D eigenvalue weighted by molar-refractivity contribution is -0.299. The molecule has 2 aliphatic heterocycles. The van der Waals surface area contributed by atoms with Crippen molar-refractivity contribution in [2.75, 3.05) is 6.61 Å². The Kier molecular flexibility index (Phi) is 8.86. The number of benzene rings is 3. The first-order valence-electron chi connectivity index (χ1n) is 13.3. The highest BCUT2D eigenvalue weighted by Crippen LogP contribution is 2.33. The van der Waals surface area contributed by atoms with Crippen LogP contribution in [0.5, 0.6) is 0 Å². The second kappa shape index (κ2) is 13.1. The summed E-state index contributed by atoms with van der Waals surface area (Å²) in [6, 6.07) is 25.1. The molecule has 0 aliphatic carbocycles. The fourth-order valence-electron chi connectivity index (χ4n) is 4.62. The molecule has 0 radical (unpaired) electrons. The van der Waals surface area contributed by atoms with Crippen molar-refractivity contribution in [3.8, 4) is 0 Å². The Morgan fingerprint density at radius 1 is 0.738 bits per heavy atom. The Balaban J connectivity index is 1.47. The Labute approximate surface area is 241 Å². The molecule has 10 nitrogen and oxygen atoms in total. The van der Waals surface area contributed by atoms with Crippen LogP contribution in [0.3, 0.4) is 0 Å². The summed E-state index contributed by atoms with van der Waals surface area (Å²) in [5.41, 5.74) is 4.78. The average molecular weight is 570 g/mol. The third-order valence-corrected chi connectivity index (χ3v) is 6.75. The standard InChI is InChI=1S/C32H28N2O8/c33-28(35)24-17-10-18-34(19-24)29-27(42-32(38)23-15-8-3-9-16-23)26(41-31(37)22-13-6-2-7-14-22)25(40-29)20-39-30(36)21-11-4-1-5-12-21/h1-16,18-19,25-27,29H,17,20H2,(H2,33,35)/p+1. The molecule has 42 heavy (non-hydrogen) atoms. The van der Waals surface area contributed by atoms with Crippen molar-refractivity contribution in [2.45, 2.75) is 31.0 Å². The average Bonchev–Trinajstić information content (AvgIpc) is 3.37. The molecule has 10 heteroatoms. The molecule has 4 unspecified atom stereocenters. The van der Waals surface area contributed by atoms with Gasteiger partial charge in [-0.15, -0.1) is 0 Å². The van der Waals surface area contributed by atoms with Crippen LogP contribution in [0.15, 0.2) is 115 Å². The molecule has 3 aromatic rings. The van der Waals surface area contributed by atoms with Crippen LogP contribution >= 0.6 is 0 Å². The number of hydrogen-bond acceptors (Lipinski definition) is 9. The highest BCUT2D eigenvalue weighted by molar-refractivity contribution is 5.91. The van der Waals surface area contributed by atoms with Crippen LogP contribution in [0, 0.1) is 0 Å². The lowest BCUT2D eigenvalue weighted by atomic mass is 10.1. The molecule has 1 fully saturated rings. The van der Waals surface area contributed by atoms with Gasteiger partial charge in [0, 0.05) is 18.8 Å². The Hall–Kier alpha value is -5.06. The molecule has 3 N–H and O–H groups in total. The van der Waals surface area contributed by atoms with Gasteiger partial charge in [-0.1, -0.05) is 60.7 Å². The maximum atomic E-state index is 13.2. The highest BCUT2D eigenvalue weighted by Gasteiger charge is 2.52. The van der Waals surface area contributed by atoms with Gasteiger partial charge in [0.2, 0.25) is 0 Å². The first-order valence-corrected chi connectivity index (χ1v) is 13.3. The van der Waals surface area contributed by atoms with Gasteiger partial charge in [0.25, 0.3) is 0 Å². The topological polar surface area (TPSA) is 136 Å². The third-order valence-electron chi connectivity index (χ3n) is 6.75. The fourth-order valence-corrected chi connectivity index (χ4v) is 4.62. The summed E-state index contributed by atoms with van der Waals surface area (Å²) in [4.78, 5) is 52.8. The van der Waals surface area contributed by atoms with Gasteiger partial charge in [0.1, 0.15) is 12.7 Å². The van der Waals surface area contributed by atoms with Gasteiger partial charge in [0.15, 0.2) is 18.4 Å². The van der Waals surface area contributed by atoms with E-state index in [4.69, 9.17) is 18.9 Å². The first kappa shape index (κ1) is 28.5. The van der Waals surface area contributed by atoms with E-state index in [0.717, 1.165) is 0 Å². The summed E-state index contributed by atoms with van der Waals surface area (Å²) in [6.45, 7) is -0.307. The van der Waals surface area contributed by atoms with Crippen molar-refractivity contribution in [3.05, 3.63) is 132 Å². The van der Waals surface area contributed by atoms with Crippen molar-refractivity contribution in [1.82, 2.24) is 4.90 Å². The van der Waals surface area contributed by atoms with Gasteiger partial charge in [0.05, 0.1) is 22.3 Å². The normalized spacial score (nSPS) is 21.3. The minimum absolute atomic E-state index is 0.275. The van der Waals surface area contributed by atoms with Gasteiger partial charge in [-0.3, -0.25) is 5.73 Å². The predicted molar refractivity (Wildman–Crippen MR) is 148 cm³/mol. The molecule has 3 aromatic carbocycles. The van der Waals surface area contributed by atoms with Crippen molar-refractivity contribution < 1.29 is 43.9 Å². The van der Waals surface area contributed by atoms with E-state index >= 15 is 0 Å². The zero-order chi connectivity index (χ0) is 29.5. The summed E-state index contributed by atoms with van der Waals surface area (Å²) < 4.78 is 23.7. The molecular formula is C32H29N2O8+. The van der Waals surface area contributed by atoms with Crippen LogP contribution < -0.4 is 5.73 Å². The van der Waals surface area contributed by atoms with Crippen LogP contribution in [0.25, 0.3) is 0 Å². The van der Waals surface area contributed by atoms with E-state index in [1.54, 1.807) is 114 Å². The smallest absolute Gasteiger partial charge is 0.338 e. The minimum atomic E-state index is -1.18. The molecule has 2 aliphatic rings. The molecule has 1 amide bonds. The minimum Gasteiger partial charge on any atom is -0.459 e. The highest BCUT2D eigenvalue weighted by atomic mass is 16.7. The van der Waals surface area contributed by atoms with Crippen molar-refractivity contribution >= 4 is 23.8 Å². The zero-order valence-corrected chi connectivity index (χ0v) is 22.5. The van der Waals surface area contributed by atoms with Gasteiger partial charge >= 0.3 is 23.8 Å². The molecule has 0 aromatic heterocycles. The van der Waals surface area contributed by atoms with E-state index in [9.17, 15) is 19.2 Å². The van der Waals surface area contributed by atoms with Gasteiger partial charge < -0.3 is 23.8 Å². The van der Waals surface area contributed by atoms with Crippen LogP contribution in [-0.2, 0) is 23.7 Å². The van der Waals surface area contributed by atoms with E-state index in [1.165, 1.54) is 0 Å². The lowest BCUT2D eigenvalue weighted by Crippen LogP contribution is -2.58. The van der Waals surface area contributed by atoms with Crippen molar-refractivity contribution in [1.29, 1.82) is 0 Å². The Morgan fingerprint density at radius 2 is 1.24 bits per heavy atom. The zero-order valence-electron chi connectivity index (χ0n) is 22.5. The van der Waals surface area contributed by atoms with E-state index in [2.05, 4.69) is 5.73 Å². The third kappa shape index (κ3) is 6.63. The van der Waals surface area contributed by atoms with E-state index < -0.39 is 42.4 Å². The van der Waals surface area contributed by atoms with Gasteiger partial charge in [-0.2, -0.15) is 0 Å². The van der Waals surface area contributed by atoms with Gasteiger partial charge in [-0.05, 0) is 36.4 Å². The summed E-state index contributed by atoms with van der Waals surface area (Å²) >= 11 is 0. The number of rotatable bonds is 9. The Bertz CT molecular complexity index is 1490. The molecule has 0 saturated carbocycles. The second-order valence-electron chi connectivity index (χ2n) is 9.62. The fraction of sp³-hybridized carbons (Fsp3) is 0.188. The number of ether oxygens (including phenoxy) is 4. The van der Waals surface area contributed by atoms with Gasteiger partial charge in [-0.25, -0.2) is 19.2 Å². The molecule has 4 atom stereocenters. The molecule has 0 bridgehead atoms. The quantitative estimate of drug-likeness (QED) is 0.305. The van der Waals surface area contributed by atoms with Crippen LogP contribution in [-0.4, -0.2) is 59.9 Å². The number of amides is 1. The lowest BCUT2D eigenvalue weighted by Gasteiger charge is -2.30. The summed E-state index contributed by atoms with van der Waals surface area (Å²) in [5, 5.41) is 0. The van der Waals surface area contributed by atoms with Crippen LogP contribution in [0.2, 0.25) is 0 Å². The Morgan fingerprint density at radius 3 is 1.76 bits per heavy atom. The number of esters is 3. The summed E-state index contributed by atoms with van der Waals surface area (Å²) in [5.74, 6) is -2.32. The maximum absolute atomic E-state index is 13.2. The molecule has 2 heterocycles. The molecule has 1 saturated heterocycles. The predicted octanol–water partition coefficient (Wildman–Crippen LogP) is 2.89. The number of allylic oxidation sites excluding steroid dienone is 1. The van der Waals surface area contributed by atoms with E-state index in [1.807, 2.05) is 0 Å². The number of quaternary nitrogens is 1. The number of carbonyl (C=O) groups is 4. The van der Waals surface area contributed by atoms with Crippen LogP contribution in [0.4, 0.5) is 0 Å². The monoisotopic (exact) mass is 569 g/mol. The summed E-state index contributed by atoms with van der Waals surface area (Å²) in [6.07, 6.45) is 0.930. The van der Waals surface area contributed by atoms with Crippen molar-refractivity contribution in [3.63, 3.8) is 0 Å². The molecule has 214 valence electrons. The largest absolute Gasteiger partial charge is 0.459 e. The van der Waals surface area contributed by atoms with Crippen molar-refractivity contribution in [2.24, 2.45) is 0 Å². The maximum Gasteiger partial charge on any atom is 0.338 e. The first-order chi connectivity index (χ1) is 20.4. The van der Waals surface area contributed by atoms with E-state index in [0.29, 0.717) is 17.6 Å². The number of hydrogen-bond donors (Lipinski definition) is 1. The number of carbonyl (C=O) groups excluding carboxylic acids is 4.